The molecule has 5 aromatic rings. The third kappa shape index (κ3) is 3.78. The van der Waals surface area contributed by atoms with E-state index < -0.39 is 18.1 Å². The number of hydrogen-bond donors (Lipinski definition) is 2. The standard InChI is InChI=1S/C33H26N4O3/c38-31(34-20-21-11-3-1-4-12-21)24-16-8-10-18-27(24)37-32(39)28-19-25-23-15-7-9-17-26(23)35-29(25)30(36(28)33(37)40)22-13-5-2-6-14-22/h1-18,28,30,35H,19-20H2,(H,34,38)/t28-,30?/m0/s1. The molecule has 1 saturated heterocycles. The van der Waals surface area contributed by atoms with Gasteiger partial charge < -0.3 is 10.3 Å². The van der Waals surface area contributed by atoms with Crippen molar-refractivity contribution in [3.8, 4) is 0 Å². The quantitative estimate of drug-likeness (QED) is 0.293. The second kappa shape index (κ2) is 9.54. The molecule has 0 radical (unpaired) electrons. The van der Waals surface area contributed by atoms with Gasteiger partial charge >= 0.3 is 6.03 Å². The molecular weight excluding hydrogens is 500 g/mol. The highest BCUT2D eigenvalue weighted by Crippen LogP contribution is 2.45. The lowest BCUT2D eigenvalue weighted by atomic mass is 9.89. The first-order valence-corrected chi connectivity index (χ1v) is 13.3. The molecular formula is C33H26N4O3. The zero-order valence-electron chi connectivity index (χ0n) is 21.6. The van der Waals surface area contributed by atoms with Crippen LogP contribution in [0.3, 0.4) is 0 Å². The van der Waals surface area contributed by atoms with E-state index in [1.807, 2.05) is 84.9 Å². The summed E-state index contributed by atoms with van der Waals surface area (Å²) in [5, 5.41) is 3.98. The summed E-state index contributed by atoms with van der Waals surface area (Å²) in [6.07, 6.45) is 0.395. The number of para-hydroxylation sites is 2. The number of imide groups is 1. The fraction of sp³-hybridized carbons (Fsp3) is 0.121. The van der Waals surface area contributed by atoms with E-state index in [2.05, 4.69) is 10.3 Å². The van der Waals surface area contributed by atoms with Crippen LogP contribution in [0, 0.1) is 0 Å². The van der Waals surface area contributed by atoms with Crippen molar-refractivity contribution in [2.45, 2.75) is 25.0 Å². The molecule has 196 valence electrons. The number of fused-ring (bicyclic) bond motifs is 4. The molecule has 7 rings (SSSR count). The number of nitrogens with one attached hydrogen (secondary N) is 2. The topological polar surface area (TPSA) is 85.5 Å². The van der Waals surface area contributed by atoms with E-state index in [9.17, 15) is 14.4 Å². The van der Waals surface area contributed by atoms with Crippen molar-refractivity contribution in [1.29, 1.82) is 0 Å². The second-order valence-electron chi connectivity index (χ2n) is 10.1. The lowest BCUT2D eigenvalue weighted by Crippen LogP contribution is -2.44. The predicted molar refractivity (Wildman–Crippen MR) is 153 cm³/mol. The van der Waals surface area contributed by atoms with Crippen LogP contribution in [0.15, 0.2) is 109 Å². The Hall–Kier alpha value is -5.17. The highest BCUT2D eigenvalue weighted by molar-refractivity contribution is 6.24. The molecule has 0 aliphatic carbocycles. The van der Waals surface area contributed by atoms with Crippen LogP contribution in [0.1, 0.15) is 38.8 Å². The molecule has 1 fully saturated rings. The van der Waals surface area contributed by atoms with E-state index in [0.29, 0.717) is 13.0 Å². The monoisotopic (exact) mass is 526 g/mol. The van der Waals surface area contributed by atoms with Gasteiger partial charge in [-0.05, 0) is 34.9 Å². The number of carbonyl (C=O) groups excluding carboxylic acids is 3. The van der Waals surface area contributed by atoms with Crippen LogP contribution in [0.25, 0.3) is 10.9 Å². The van der Waals surface area contributed by atoms with E-state index in [1.165, 1.54) is 4.90 Å². The van der Waals surface area contributed by atoms with Crippen molar-refractivity contribution in [1.82, 2.24) is 15.2 Å². The number of nitrogens with zero attached hydrogens (tertiary/aromatic N) is 2. The van der Waals surface area contributed by atoms with Crippen LogP contribution < -0.4 is 10.2 Å². The molecule has 1 aromatic heterocycles. The lowest BCUT2D eigenvalue weighted by molar-refractivity contribution is -0.120. The predicted octanol–water partition coefficient (Wildman–Crippen LogP) is 5.58. The molecule has 0 bridgehead atoms. The van der Waals surface area contributed by atoms with Crippen LogP contribution in [-0.4, -0.2) is 33.8 Å². The first kappa shape index (κ1) is 23.9. The molecule has 4 amide bonds. The number of benzene rings is 4. The van der Waals surface area contributed by atoms with Crippen molar-refractivity contribution in [2.75, 3.05) is 4.90 Å². The van der Waals surface area contributed by atoms with Gasteiger partial charge in [-0.25, -0.2) is 9.69 Å². The van der Waals surface area contributed by atoms with Crippen molar-refractivity contribution >= 4 is 34.4 Å². The minimum absolute atomic E-state index is 0.278. The maximum Gasteiger partial charge on any atom is 0.332 e. The van der Waals surface area contributed by atoms with Crippen molar-refractivity contribution < 1.29 is 14.4 Å². The van der Waals surface area contributed by atoms with Crippen LogP contribution in [-0.2, 0) is 17.8 Å². The summed E-state index contributed by atoms with van der Waals surface area (Å²) < 4.78 is 0. The number of aromatic nitrogens is 1. The first-order valence-electron chi connectivity index (χ1n) is 13.3. The van der Waals surface area contributed by atoms with Gasteiger partial charge in [0.1, 0.15) is 12.1 Å². The summed E-state index contributed by atoms with van der Waals surface area (Å²) in [4.78, 5) is 48.0. The van der Waals surface area contributed by atoms with E-state index in [4.69, 9.17) is 0 Å². The largest absolute Gasteiger partial charge is 0.356 e. The van der Waals surface area contributed by atoms with Gasteiger partial charge in [0.25, 0.3) is 11.8 Å². The number of amides is 4. The van der Waals surface area contributed by atoms with Crippen molar-refractivity contribution in [2.24, 2.45) is 0 Å². The second-order valence-corrected chi connectivity index (χ2v) is 10.1. The Morgan fingerprint density at radius 3 is 2.30 bits per heavy atom. The summed E-state index contributed by atoms with van der Waals surface area (Å²) in [6, 6.07) is 32.6. The maximum atomic E-state index is 14.2. The molecule has 2 aliphatic rings. The molecule has 2 N–H and O–H groups in total. The molecule has 0 spiro atoms. The van der Waals surface area contributed by atoms with Gasteiger partial charge in [0.05, 0.1) is 11.3 Å². The van der Waals surface area contributed by atoms with Gasteiger partial charge in [-0.3, -0.25) is 14.5 Å². The normalized spacial score (nSPS) is 18.1. The maximum absolute atomic E-state index is 14.2. The third-order valence-electron chi connectivity index (χ3n) is 7.85. The summed E-state index contributed by atoms with van der Waals surface area (Å²) in [5.41, 5.74) is 5.38. The van der Waals surface area contributed by atoms with Crippen molar-refractivity contribution in [3.63, 3.8) is 0 Å². The van der Waals surface area contributed by atoms with Crippen LogP contribution in [0.4, 0.5) is 10.5 Å². The Balaban J connectivity index is 1.28. The third-order valence-corrected chi connectivity index (χ3v) is 7.85. The van der Waals surface area contributed by atoms with E-state index in [-0.39, 0.29) is 23.1 Å². The van der Waals surface area contributed by atoms with E-state index in [0.717, 1.165) is 33.3 Å². The minimum atomic E-state index is -0.690. The average molecular weight is 527 g/mol. The number of urea groups is 1. The number of anilines is 1. The summed E-state index contributed by atoms with van der Waals surface area (Å²) in [7, 11) is 0. The van der Waals surface area contributed by atoms with Gasteiger partial charge in [0.15, 0.2) is 0 Å². The molecule has 7 nitrogen and oxygen atoms in total. The van der Waals surface area contributed by atoms with Gasteiger partial charge in [0.2, 0.25) is 0 Å². The number of carbonyl (C=O) groups is 3. The number of H-pyrrole nitrogens is 1. The number of rotatable bonds is 5. The molecule has 2 aliphatic heterocycles. The summed E-state index contributed by atoms with van der Waals surface area (Å²) in [6.45, 7) is 0.336. The zero-order chi connectivity index (χ0) is 27.2. The van der Waals surface area contributed by atoms with Crippen molar-refractivity contribution in [3.05, 3.63) is 137 Å². The zero-order valence-corrected chi connectivity index (χ0v) is 21.6. The SMILES string of the molecule is O=C(NCc1ccccc1)c1ccccc1N1C(=O)[C@@H]2Cc3c([nH]c4ccccc34)C(c3ccccc3)N2C1=O. The van der Waals surface area contributed by atoms with Crippen LogP contribution in [0.5, 0.6) is 0 Å². The molecule has 0 saturated carbocycles. The Morgan fingerprint density at radius 1 is 0.825 bits per heavy atom. The lowest BCUT2D eigenvalue weighted by Gasteiger charge is -2.36. The Morgan fingerprint density at radius 2 is 1.50 bits per heavy atom. The molecule has 3 heterocycles. The molecule has 2 atom stereocenters. The number of aromatic amines is 1. The van der Waals surface area contributed by atoms with E-state index in [1.54, 1.807) is 29.2 Å². The minimum Gasteiger partial charge on any atom is -0.356 e. The summed E-state index contributed by atoms with van der Waals surface area (Å²) >= 11 is 0. The van der Waals surface area contributed by atoms with Gasteiger partial charge in [-0.2, -0.15) is 0 Å². The van der Waals surface area contributed by atoms with Crippen LogP contribution >= 0.6 is 0 Å². The fourth-order valence-electron chi connectivity index (χ4n) is 6.01. The first-order chi connectivity index (χ1) is 19.6. The fourth-order valence-corrected chi connectivity index (χ4v) is 6.01. The van der Waals surface area contributed by atoms with Gasteiger partial charge in [0, 0.05) is 29.6 Å². The Bertz CT molecular complexity index is 1760. The van der Waals surface area contributed by atoms with Gasteiger partial charge in [-0.1, -0.05) is 91.0 Å². The molecule has 4 aromatic carbocycles. The number of hydrogen-bond acceptors (Lipinski definition) is 3. The van der Waals surface area contributed by atoms with Gasteiger partial charge in [-0.15, -0.1) is 0 Å². The summed E-state index contributed by atoms with van der Waals surface area (Å²) in [5.74, 6) is -0.675. The highest BCUT2D eigenvalue weighted by atomic mass is 16.2. The molecule has 40 heavy (non-hydrogen) atoms. The molecule has 7 heteroatoms. The van der Waals surface area contributed by atoms with Crippen LogP contribution in [0.2, 0.25) is 0 Å². The Kier molecular flexibility index (Phi) is 5.70. The average Bonchev–Trinajstić information content (AvgIpc) is 3.49. The van der Waals surface area contributed by atoms with E-state index >= 15 is 0 Å². The smallest absolute Gasteiger partial charge is 0.332 e. The molecule has 1 unspecified atom stereocenters. The highest BCUT2D eigenvalue weighted by Gasteiger charge is 2.53. The Labute approximate surface area is 231 Å².